The standard InChI is InChI=1S/C20H17Cl2F3N2O2.C7H13N/c21-13-5-6-14(15(22)10-13)19(7-8-19)18(29)27-16(17(26)28)9-11-1-3-12(4-2-11)20(23,24)25;1-4-8-5-2-7(1)3-6-8/h1-6,10,16H,7-9H2,(H2,26,28)(H,27,29);7H,1-6H2. The summed E-state index contributed by atoms with van der Waals surface area (Å²) in [5.74, 6) is -0.0753. The second-order valence-electron chi connectivity index (χ2n) is 10.1. The zero-order chi connectivity index (χ0) is 26.8. The Kier molecular flexibility index (Phi) is 8.41. The molecule has 4 aliphatic rings. The van der Waals surface area contributed by atoms with E-state index in [1.165, 1.54) is 51.0 Å². The van der Waals surface area contributed by atoms with Gasteiger partial charge < -0.3 is 16.0 Å². The average molecular weight is 556 g/mol. The number of nitrogens with one attached hydrogen (secondary N) is 1. The molecule has 3 heterocycles. The van der Waals surface area contributed by atoms with Crippen molar-refractivity contribution in [3.05, 3.63) is 69.2 Å². The van der Waals surface area contributed by atoms with Gasteiger partial charge in [0, 0.05) is 16.5 Å². The van der Waals surface area contributed by atoms with E-state index in [4.69, 9.17) is 28.9 Å². The van der Waals surface area contributed by atoms with Gasteiger partial charge in [-0.1, -0.05) is 41.4 Å². The Labute approximate surface area is 224 Å². The maximum Gasteiger partial charge on any atom is 0.416 e. The minimum atomic E-state index is -4.45. The van der Waals surface area contributed by atoms with Gasteiger partial charge in [0.25, 0.3) is 0 Å². The van der Waals surface area contributed by atoms with Crippen LogP contribution in [-0.2, 0) is 27.6 Å². The lowest BCUT2D eigenvalue weighted by Crippen LogP contribution is -2.49. The molecule has 4 fully saturated rings. The van der Waals surface area contributed by atoms with Crippen LogP contribution in [-0.4, -0.2) is 42.4 Å². The fraction of sp³-hybridized carbons (Fsp3) is 0.481. The molecule has 0 radical (unpaired) electrons. The molecule has 1 atom stereocenters. The summed E-state index contributed by atoms with van der Waals surface area (Å²) in [5.41, 5.74) is 4.80. The lowest BCUT2D eigenvalue weighted by atomic mass is 9.89. The molecule has 2 aromatic carbocycles. The smallest absolute Gasteiger partial charge is 0.368 e. The number of primary amides is 1. The van der Waals surface area contributed by atoms with Crippen molar-refractivity contribution in [3.8, 4) is 0 Å². The molecule has 3 saturated heterocycles. The number of piperidine rings is 3. The zero-order valence-corrected chi connectivity index (χ0v) is 21.8. The Morgan fingerprint density at radius 3 is 2.03 bits per heavy atom. The Morgan fingerprint density at radius 1 is 1.03 bits per heavy atom. The van der Waals surface area contributed by atoms with E-state index in [0.717, 1.165) is 18.1 Å². The molecule has 3 N–H and O–H groups in total. The van der Waals surface area contributed by atoms with Gasteiger partial charge in [-0.15, -0.1) is 0 Å². The molecule has 10 heteroatoms. The maximum atomic E-state index is 12.9. The topological polar surface area (TPSA) is 75.4 Å². The average Bonchev–Trinajstić information content (AvgIpc) is 3.67. The number of carbonyl (C=O) groups excluding carboxylic acids is 2. The summed E-state index contributed by atoms with van der Waals surface area (Å²) >= 11 is 12.1. The van der Waals surface area contributed by atoms with Gasteiger partial charge in [0.1, 0.15) is 6.04 Å². The van der Waals surface area contributed by atoms with E-state index in [1.54, 1.807) is 18.2 Å². The number of halogens is 5. The molecule has 200 valence electrons. The largest absolute Gasteiger partial charge is 0.416 e. The first-order valence-corrected chi connectivity index (χ1v) is 13.2. The van der Waals surface area contributed by atoms with Crippen LogP contribution in [0.2, 0.25) is 10.0 Å². The number of nitrogens with two attached hydrogens (primary N) is 1. The van der Waals surface area contributed by atoms with E-state index in [0.29, 0.717) is 34.0 Å². The van der Waals surface area contributed by atoms with Crippen LogP contribution in [0.3, 0.4) is 0 Å². The van der Waals surface area contributed by atoms with E-state index < -0.39 is 35.0 Å². The Balaban J connectivity index is 0.000000335. The summed E-state index contributed by atoms with van der Waals surface area (Å²) in [6, 6.07) is 8.14. The van der Waals surface area contributed by atoms with Gasteiger partial charge in [0.15, 0.2) is 0 Å². The van der Waals surface area contributed by atoms with Crippen LogP contribution < -0.4 is 11.1 Å². The molecular weight excluding hydrogens is 526 g/mol. The second kappa shape index (κ2) is 11.2. The highest BCUT2D eigenvalue weighted by atomic mass is 35.5. The van der Waals surface area contributed by atoms with E-state index in [9.17, 15) is 22.8 Å². The lowest BCUT2D eigenvalue weighted by molar-refractivity contribution is -0.137. The molecule has 1 saturated carbocycles. The molecular formula is C27H30Cl2F3N3O2. The van der Waals surface area contributed by atoms with Crippen molar-refractivity contribution in [1.29, 1.82) is 0 Å². The Bertz CT molecular complexity index is 1110. The highest BCUT2D eigenvalue weighted by Crippen LogP contribution is 2.51. The monoisotopic (exact) mass is 555 g/mol. The third-order valence-corrected chi connectivity index (χ3v) is 8.11. The molecule has 6 rings (SSSR count). The first-order chi connectivity index (χ1) is 17.5. The predicted octanol–water partition coefficient (Wildman–Crippen LogP) is 5.36. The second-order valence-corrected chi connectivity index (χ2v) is 11.0. The van der Waals surface area contributed by atoms with Crippen molar-refractivity contribution in [1.82, 2.24) is 10.2 Å². The van der Waals surface area contributed by atoms with Crippen molar-refractivity contribution in [2.24, 2.45) is 11.7 Å². The number of carbonyl (C=O) groups is 2. The summed E-state index contributed by atoms with van der Waals surface area (Å²) < 4.78 is 38.1. The fourth-order valence-corrected chi connectivity index (χ4v) is 5.66. The van der Waals surface area contributed by atoms with Gasteiger partial charge in [0.05, 0.1) is 11.0 Å². The summed E-state index contributed by atoms with van der Waals surface area (Å²) in [5, 5.41) is 3.41. The van der Waals surface area contributed by atoms with Crippen molar-refractivity contribution in [2.45, 2.75) is 56.2 Å². The molecule has 0 spiro atoms. The molecule has 1 unspecified atom stereocenters. The molecule has 2 aromatic rings. The Morgan fingerprint density at radius 2 is 1.62 bits per heavy atom. The summed E-state index contributed by atoms with van der Waals surface area (Å²) in [7, 11) is 0. The molecule has 37 heavy (non-hydrogen) atoms. The molecule has 3 aliphatic heterocycles. The number of rotatable bonds is 6. The quantitative estimate of drug-likeness (QED) is 0.503. The Hall–Kier alpha value is -2.29. The van der Waals surface area contributed by atoms with Crippen LogP contribution >= 0.6 is 23.2 Å². The van der Waals surface area contributed by atoms with E-state index in [-0.39, 0.29) is 6.42 Å². The number of alkyl halides is 3. The van der Waals surface area contributed by atoms with Crippen LogP contribution in [0.4, 0.5) is 13.2 Å². The van der Waals surface area contributed by atoms with Crippen LogP contribution in [0.25, 0.3) is 0 Å². The highest BCUT2D eigenvalue weighted by Gasteiger charge is 2.53. The SMILES string of the molecule is C1CN2CCC1CC2.NC(=O)C(Cc1ccc(C(F)(F)F)cc1)NC(=O)C1(c2ccc(Cl)cc2Cl)CC1. The van der Waals surface area contributed by atoms with Gasteiger partial charge in [-0.2, -0.15) is 13.2 Å². The van der Waals surface area contributed by atoms with Gasteiger partial charge >= 0.3 is 6.18 Å². The van der Waals surface area contributed by atoms with Crippen molar-refractivity contribution in [2.75, 3.05) is 19.6 Å². The molecule has 1 aliphatic carbocycles. The minimum Gasteiger partial charge on any atom is -0.368 e. The molecule has 0 aromatic heterocycles. The fourth-order valence-electron chi connectivity index (χ4n) is 5.07. The van der Waals surface area contributed by atoms with E-state index >= 15 is 0 Å². The third kappa shape index (κ3) is 6.78. The summed E-state index contributed by atoms with van der Waals surface area (Å²) in [6.07, 6.45) is 1.08. The zero-order valence-electron chi connectivity index (χ0n) is 20.3. The maximum absolute atomic E-state index is 12.9. The van der Waals surface area contributed by atoms with Crippen LogP contribution in [0.15, 0.2) is 42.5 Å². The first-order valence-electron chi connectivity index (χ1n) is 12.4. The van der Waals surface area contributed by atoms with Crippen molar-refractivity contribution >= 4 is 35.0 Å². The third-order valence-electron chi connectivity index (χ3n) is 7.56. The van der Waals surface area contributed by atoms with Crippen molar-refractivity contribution < 1.29 is 22.8 Å². The van der Waals surface area contributed by atoms with Crippen molar-refractivity contribution in [3.63, 3.8) is 0 Å². The predicted molar refractivity (Wildman–Crippen MR) is 137 cm³/mol. The van der Waals surface area contributed by atoms with Crippen LogP contribution in [0.5, 0.6) is 0 Å². The summed E-state index contributed by atoms with van der Waals surface area (Å²) in [6.45, 7) is 4.18. The van der Waals surface area contributed by atoms with Gasteiger partial charge in [-0.25, -0.2) is 0 Å². The van der Waals surface area contributed by atoms with Crippen LogP contribution in [0, 0.1) is 5.92 Å². The van der Waals surface area contributed by atoms with E-state index in [1.807, 2.05) is 0 Å². The molecule has 2 bridgehead atoms. The number of benzene rings is 2. The number of fused-ring (bicyclic) bond motifs is 3. The number of hydrogen-bond acceptors (Lipinski definition) is 3. The minimum absolute atomic E-state index is 0.0242. The number of amides is 2. The van der Waals surface area contributed by atoms with Gasteiger partial charge in [0.2, 0.25) is 11.8 Å². The number of hydrogen-bond donors (Lipinski definition) is 2. The van der Waals surface area contributed by atoms with Gasteiger partial charge in [-0.05, 0) is 93.0 Å². The number of nitrogens with zero attached hydrogens (tertiary/aromatic N) is 1. The molecule has 5 nitrogen and oxygen atoms in total. The van der Waals surface area contributed by atoms with E-state index in [2.05, 4.69) is 10.2 Å². The van der Waals surface area contributed by atoms with Gasteiger partial charge in [-0.3, -0.25) is 9.59 Å². The first kappa shape index (κ1) is 27.7. The normalized spacial score (nSPS) is 22.4. The highest BCUT2D eigenvalue weighted by molar-refractivity contribution is 6.35. The van der Waals surface area contributed by atoms with Crippen LogP contribution in [0.1, 0.15) is 48.8 Å². The lowest BCUT2D eigenvalue weighted by Gasteiger charge is -2.38. The molecule has 2 amide bonds. The summed E-state index contributed by atoms with van der Waals surface area (Å²) in [4.78, 5) is 27.3.